The predicted octanol–water partition coefficient (Wildman–Crippen LogP) is 3.31. The van der Waals surface area contributed by atoms with Gasteiger partial charge in [-0.25, -0.2) is 0 Å². The lowest BCUT2D eigenvalue weighted by Crippen LogP contribution is -2.00. The Morgan fingerprint density at radius 3 is 3.00 bits per heavy atom. The Hall–Kier alpha value is -1.27. The summed E-state index contributed by atoms with van der Waals surface area (Å²) in [5.74, 6) is 0. The third-order valence-electron chi connectivity index (χ3n) is 1.75. The van der Waals surface area contributed by atoms with Gasteiger partial charge in [0.25, 0.3) is 0 Å². The number of benzene rings is 1. The molecule has 0 aromatic heterocycles. The first-order chi connectivity index (χ1) is 6.77. The molecule has 0 atom stereocenters. The molecule has 0 unspecified atom stereocenters. The van der Waals surface area contributed by atoms with Crippen molar-refractivity contribution in [2.45, 2.75) is 6.92 Å². The van der Waals surface area contributed by atoms with E-state index in [1.165, 1.54) is 0 Å². The molecule has 0 radical (unpaired) electrons. The Balaban J connectivity index is 2.81. The fraction of sp³-hybridized carbons (Fsp3) is 0.182. The molecule has 0 saturated heterocycles. The fourth-order valence-electron chi connectivity index (χ4n) is 1.05. The summed E-state index contributed by atoms with van der Waals surface area (Å²) in [6.07, 6.45) is 3.97. The van der Waals surface area contributed by atoms with Crippen LogP contribution >= 0.6 is 15.9 Å². The van der Waals surface area contributed by atoms with E-state index in [2.05, 4.69) is 27.3 Å². The average molecular weight is 251 g/mol. The third kappa shape index (κ3) is 2.90. The van der Waals surface area contributed by atoms with Crippen LogP contribution in [0.25, 0.3) is 0 Å². The van der Waals surface area contributed by atoms with Gasteiger partial charge in [0.05, 0.1) is 11.3 Å². The van der Waals surface area contributed by atoms with Gasteiger partial charge in [0.15, 0.2) is 0 Å². The molecule has 0 aliphatic heterocycles. The number of hydrogen-bond acceptors (Lipinski definition) is 2. The molecule has 0 saturated carbocycles. The Kier molecular flexibility index (Phi) is 4.21. The molecule has 1 rings (SSSR count). The Morgan fingerprint density at radius 1 is 1.57 bits per heavy atom. The molecule has 1 N–H and O–H groups in total. The number of anilines is 1. The number of halogens is 1. The van der Waals surface area contributed by atoms with Crippen molar-refractivity contribution in [3.05, 3.63) is 40.4 Å². The molecule has 0 fully saturated rings. The summed E-state index contributed by atoms with van der Waals surface area (Å²) in [5, 5.41) is 12.0. The summed E-state index contributed by atoms with van der Waals surface area (Å²) < 4.78 is 0.922. The van der Waals surface area contributed by atoms with Crippen LogP contribution in [0.4, 0.5) is 5.69 Å². The molecular weight excluding hydrogens is 240 g/mol. The van der Waals surface area contributed by atoms with Gasteiger partial charge >= 0.3 is 0 Å². The minimum absolute atomic E-state index is 0.656. The van der Waals surface area contributed by atoms with Crippen LogP contribution in [0.1, 0.15) is 12.5 Å². The van der Waals surface area contributed by atoms with Crippen molar-refractivity contribution in [2.75, 3.05) is 11.9 Å². The quantitative estimate of drug-likeness (QED) is 0.836. The normalized spacial score (nSPS) is 10.1. The second-order valence-corrected chi connectivity index (χ2v) is 3.67. The van der Waals surface area contributed by atoms with Gasteiger partial charge in [-0.05, 0) is 25.1 Å². The number of allylic oxidation sites excluding steroid dienone is 1. The highest BCUT2D eigenvalue weighted by Gasteiger charge is 2.00. The Labute approximate surface area is 92.4 Å². The number of nitrogens with zero attached hydrogens (tertiary/aromatic N) is 1. The maximum atomic E-state index is 8.87. The molecule has 72 valence electrons. The highest BCUT2D eigenvalue weighted by atomic mass is 79.9. The van der Waals surface area contributed by atoms with Gasteiger partial charge in [-0.2, -0.15) is 5.26 Å². The summed E-state index contributed by atoms with van der Waals surface area (Å²) >= 11 is 3.33. The van der Waals surface area contributed by atoms with Crippen LogP contribution in [0.15, 0.2) is 34.8 Å². The smallest absolute Gasteiger partial charge is 0.101 e. The van der Waals surface area contributed by atoms with Crippen LogP contribution in [0.5, 0.6) is 0 Å². The van der Waals surface area contributed by atoms with Crippen LogP contribution in [-0.2, 0) is 0 Å². The maximum Gasteiger partial charge on any atom is 0.101 e. The zero-order chi connectivity index (χ0) is 10.4. The summed E-state index contributed by atoms with van der Waals surface area (Å²) in [4.78, 5) is 0. The molecule has 0 aliphatic carbocycles. The molecule has 1 aromatic rings. The van der Waals surface area contributed by atoms with E-state index in [1.807, 2.05) is 31.2 Å². The minimum Gasteiger partial charge on any atom is -0.381 e. The number of rotatable bonds is 3. The molecule has 0 amide bonds. The van der Waals surface area contributed by atoms with E-state index in [9.17, 15) is 0 Å². The van der Waals surface area contributed by atoms with E-state index in [0.717, 1.165) is 16.7 Å². The van der Waals surface area contributed by atoms with E-state index >= 15 is 0 Å². The molecule has 0 bridgehead atoms. The summed E-state index contributed by atoms with van der Waals surface area (Å²) in [5.41, 5.74) is 1.53. The molecule has 0 aliphatic rings. The van der Waals surface area contributed by atoms with Crippen LogP contribution < -0.4 is 5.32 Å². The highest BCUT2D eigenvalue weighted by molar-refractivity contribution is 9.10. The first-order valence-electron chi connectivity index (χ1n) is 4.32. The standard InChI is InChI=1S/C11H11BrN2/c1-2-3-6-14-11-5-4-10(12)7-9(11)8-13/h2-5,7,14H,6H2,1H3/b3-2+. The Bertz CT molecular complexity index is 377. The van der Waals surface area contributed by atoms with E-state index in [0.29, 0.717) is 5.56 Å². The van der Waals surface area contributed by atoms with Crippen LogP contribution in [-0.4, -0.2) is 6.54 Å². The highest BCUT2D eigenvalue weighted by Crippen LogP contribution is 2.19. The SMILES string of the molecule is C/C=C/CNc1ccc(Br)cc1C#N. The first kappa shape index (κ1) is 10.8. The first-order valence-corrected chi connectivity index (χ1v) is 5.12. The van der Waals surface area contributed by atoms with Crippen molar-refractivity contribution in [1.82, 2.24) is 0 Å². The van der Waals surface area contributed by atoms with Crippen molar-refractivity contribution in [1.29, 1.82) is 5.26 Å². The van der Waals surface area contributed by atoms with Gasteiger partial charge in [-0.15, -0.1) is 0 Å². The largest absolute Gasteiger partial charge is 0.381 e. The van der Waals surface area contributed by atoms with E-state index < -0.39 is 0 Å². The molecular formula is C11H11BrN2. The van der Waals surface area contributed by atoms with Crippen molar-refractivity contribution in [3.63, 3.8) is 0 Å². The topological polar surface area (TPSA) is 35.8 Å². The lowest BCUT2D eigenvalue weighted by atomic mass is 10.2. The maximum absolute atomic E-state index is 8.87. The minimum atomic E-state index is 0.656. The molecule has 1 aromatic carbocycles. The lowest BCUT2D eigenvalue weighted by Gasteiger charge is -2.05. The third-order valence-corrected chi connectivity index (χ3v) is 2.24. The molecule has 2 nitrogen and oxygen atoms in total. The van der Waals surface area contributed by atoms with E-state index in [4.69, 9.17) is 5.26 Å². The zero-order valence-electron chi connectivity index (χ0n) is 7.92. The fourth-order valence-corrected chi connectivity index (χ4v) is 1.41. The molecule has 0 heterocycles. The number of nitriles is 1. The van der Waals surface area contributed by atoms with Crippen molar-refractivity contribution in [2.24, 2.45) is 0 Å². The van der Waals surface area contributed by atoms with E-state index in [1.54, 1.807) is 6.07 Å². The zero-order valence-corrected chi connectivity index (χ0v) is 9.51. The van der Waals surface area contributed by atoms with Crippen LogP contribution in [0.3, 0.4) is 0 Å². The van der Waals surface area contributed by atoms with Gasteiger partial charge in [0, 0.05) is 11.0 Å². The average Bonchev–Trinajstić information content (AvgIpc) is 2.20. The van der Waals surface area contributed by atoms with Gasteiger partial charge < -0.3 is 5.32 Å². The van der Waals surface area contributed by atoms with Gasteiger partial charge in [0.2, 0.25) is 0 Å². The van der Waals surface area contributed by atoms with Gasteiger partial charge in [0.1, 0.15) is 6.07 Å². The second kappa shape index (κ2) is 5.46. The van der Waals surface area contributed by atoms with Crippen molar-refractivity contribution < 1.29 is 0 Å². The molecule has 14 heavy (non-hydrogen) atoms. The summed E-state index contributed by atoms with van der Waals surface area (Å²) in [7, 11) is 0. The van der Waals surface area contributed by atoms with E-state index in [-0.39, 0.29) is 0 Å². The molecule has 3 heteroatoms. The number of nitrogens with one attached hydrogen (secondary N) is 1. The number of hydrogen-bond donors (Lipinski definition) is 1. The van der Waals surface area contributed by atoms with Crippen LogP contribution in [0.2, 0.25) is 0 Å². The Morgan fingerprint density at radius 2 is 2.36 bits per heavy atom. The van der Waals surface area contributed by atoms with Gasteiger partial charge in [-0.1, -0.05) is 28.1 Å². The van der Waals surface area contributed by atoms with Crippen molar-refractivity contribution in [3.8, 4) is 6.07 Å². The lowest BCUT2D eigenvalue weighted by molar-refractivity contribution is 1.31. The second-order valence-electron chi connectivity index (χ2n) is 2.75. The molecule has 0 spiro atoms. The summed E-state index contributed by atoms with van der Waals surface area (Å²) in [6.45, 7) is 2.71. The predicted molar refractivity (Wildman–Crippen MR) is 62.2 cm³/mol. The summed E-state index contributed by atoms with van der Waals surface area (Å²) in [6, 6.07) is 7.76. The van der Waals surface area contributed by atoms with Crippen LogP contribution in [0, 0.1) is 11.3 Å². The van der Waals surface area contributed by atoms with Crippen molar-refractivity contribution >= 4 is 21.6 Å². The van der Waals surface area contributed by atoms with Gasteiger partial charge in [-0.3, -0.25) is 0 Å². The monoisotopic (exact) mass is 250 g/mol.